The maximum absolute atomic E-state index is 5.04. The Bertz CT molecular complexity index is 7780. The summed E-state index contributed by atoms with van der Waals surface area (Å²) in [6.45, 7) is 6.25. The van der Waals surface area contributed by atoms with Gasteiger partial charge in [-0.15, -0.1) is 0 Å². The average molecular weight is 1480 g/mol. The first kappa shape index (κ1) is 68.9. The molecule has 0 bridgehead atoms. The van der Waals surface area contributed by atoms with Gasteiger partial charge in [0.05, 0.1) is 33.1 Å². The van der Waals surface area contributed by atoms with E-state index in [4.69, 9.17) is 15.0 Å². The van der Waals surface area contributed by atoms with Crippen LogP contribution >= 0.6 is 0 Å². The Morgan fingerprint density at radius 3 is 0.879 bits per heavy atom. The van der Waals surface area contributed by atoms with Gasteiger partial charge in [0.2, 0.25) is 0 Å². The molecule has 0 saturated heterocycles. The van der Waals surface area contributed by atoms with Gasteiger partial charge in [-0.25, -0.2) is 15.0 Å². The zero-order valence-corrected chi connectivity index (χ0v) is 64.4. The second-order valence-electron chi connectivity index (χ2n) is 30.3. The molecule has 0 aliphatic heterocycles. The fourth-order valence-electron chi connectivity index (χ4n) is 17.8. The molecule has 0 radical (unpaired) electrons. The molecule has 3 aromatic heterocycles. The number of hydrogen-bond acceptors (Lipinski definition) is 3. The van der Waals surface area contributed by atoms with E-state index in [1.807, 2.05) is 0 Å². The van der Waals surface area contributed by atoms with Gasteiger partial charge in [0.25, 0.3) is 0 Å². The number of aromatic nitrogens is 6. The molecule has 0 unspecified atom stereocenters. The summed E-state index contributed by atoms with van der Waals surface area (Å²) >= 11 is 0. The third kappa shape index (κ3) is 12.4. The SMILES string of the molecule is Cc1nc2cc(-c3cc4ccccc4c4ccccc34)ccc2n1-c1ccc(-c2cc3ccccc3c3ccccc23)cc1.Cc1nc2cc(-c3ccc4ccccc4c3)ccc2n1-c1ccc(-c2ccc3ccccc3c2)cc1.Cc1nc2cc(-c3cccc4ccccc34)ccc2n1-c1ccc(-c2cccc3ccccc23)cc1. The normalized spacial score (nSPS) is 11.6. The Labute approximate surface area is 672 Å². The smallest absolute Gasteiger partial charge is 0.111 e. The highest BCUT2D eigenvalue weighted by Gasteiger charge is 2.19. The topological polar surface area (TPSA) is 53.5 Å². The number of aryl methyl sites for hydroxylation is 3. The molecule has 0 aliphatic carbocycles. The summed E-state index contributed by atoms with van der Waals surface area (Å²) in [5, 5.41) is 20.3. The van der Waals surface area contributed by atoms with Crippen LogP contribution in [0.5, 0.6) is 0 Å². The lowest BCUT2D eigenvalue weighted by atomic mass is 9.93. The van der Waals surface area contributed by atoms with Gasteiger partial charge in [0, 0.05) is 17.1 Å². The van der Waals surface area contributed by atoms with Gasteiger partial charge in [-0.3, -0.25) is 13.7 Å². The summed E-state index contributed by atoms with van der Waals surface area (Å²) in [7, 11) is 0. The third-order valence-electron chi connectivity index (χ3n) is 23.4. The van der Waals surface area contributed by atoms with E-state index in [-0.39, 0.29) is 0 Å². The van der Waals surface area contributed by atoms with Crippen molar-refractivity contribution in [1.82, 2.24) is 28.7 Å². The van der Waals surface area contributed by atoms with Crippen LogP contribution in [0.4, 0.5) is 0 Å². The number of hydrogen-bond donors (Lipinski definition) is 0. The van der Waals surface area contributed by atoms with Crippen molar-refractivity contribution in [3.05, 3.63) is 424 Å². The van der Waals surface area contributed by atoms with Crippen LogP contribution in [0.2, 0.25) is 0 Å². The predicted molar refractivity (Wildman–Crippen MR) is 490 cm³/mol. The van der Waals surface area contributed by atoms with Crippen molar-refractivity contribution in [2.24, 2.45) is 0 Å². The molecule has 23 rings (SSSR count). The second kappa shape index (κ2) is 28.9. The second-order valence-corrected chi connectivity index (χ2v) is 30.3. The lowest BCUT2D eigenvalue weighted by molar-refractivity contribution is 1.00. The van der Waals surface area contributed by atoms with Gasteiger partial charge >= 0.3 is 0 Å². The van der Waals surface area contributed by atoms with E-state index in [0.717, 1.165) is 67.6 Å². The first-order valence-corrected chi connectivity index (χ1v) is 39.8. The zero-order chi connectivity index (χ0) is 77.3. The van der Waals surface area contributed by atoms with Crippen molar-refractivity contribution in [3.63, 3.8) is 0 Å². The largest absolute Gasteiger partial charge is 0.297 e. The molecule has 0 aliphatic rings. The van der Waals surface area contributed by atoms with Crippen LogP contribution in [0.25, 0.3) is 203 Å². The molecule has 0 fully saturated rings. The van der Waals surface area contributed by atoms with Crippen LogP contribution in [0.15, 0.2) is 406 Å². The van der Waals surface area contributed by atoms with Crippen molar-refractivity contribution in [2.75, 3.05) is 0 Å². The Kier molecular flexibility index (Phi) is 17.2. The molecule has 3 heterocycles. The molecular formula is C110H76N6. The van der Waals surface area contributed by atoms with Gasteiger partial charge in [0.15, 0.2) is 0 Å². The van der Waals surface area contributed by atoms with Crippen molar-refractivity contribution in [3.8, 4) is 83.8 Å². The standard InChI is InChI=1S/C42H28N2.2C34H24N2/c1-27-43-41-26-31(40-25-30-11-3-5-13-34(30)36-15-7-9-17-38(36)40)20-23-42(41)44(27)32-21-18-28(19-22-32)39-24-29-10-2-4-12-33(29)35-14-6-8-16-37(35)39;1-23-35-33-22-27(32-15-7-11-25-9-3-5-13-30(25)32)18-21-34(33)36(23)28-19-16-26(17-20-28)31-14-6-10-24-8-2-4-12-29(24)31;1-23-35-33-22-31(30-13-11-25-7-3-5-9-28(25)21-30)16-19-34(33)36(23)32-17-14-26(15-18-32)29-12-10-24-6-2-4-8-27(24)20-29/h2-26H,1H3;2*2-22H,1H3. The molecule has 0 spiro atoms. The molecule has 23 aromatic rings. The monoisotopic (exact) mass is 1480 g/mol. The summed E-state index contributed by atoms with van der Waals surface area (Å²) in [6.07, 6.45) is 0. The molecule has 0 atom stereocenters. The number of nitrogens with zero attached hydrogens (tertiary/aromatic N) is 6. The van der Waals surface area contributed by atoms with Crippen molar-refractivity contribution in [1.29, 1.82) is 0 Å². The summed E-state index contributed by atoms with van der Waals surface area (Å²) in [4.78, 5) is 14.9. The molecule has 6 heteroatoms. The highest BCUT2D eigenvalue weighted by atomic mass is 15.1. The van der Waals surface area contributed by atoms with Crippen LogP contribution < -0.4 is 0 Å². The Morgan fingerprint density at radius 1 is 0.164 bits per heavy atom. The van der Waals surface area contributed by atoms with Crippen LogP contribution in [-0.4, -0.2) is 28.7 Å². The molecule has 0 saturated carbocycles. The zero-order valence-electron chi connectivity index (χ0n) is 64.4. The minimum atomic E-state index is 0.976. The maximum Gasteiger partial charge on any atom is 0.111 e. The molecule has 116 heavy (non-hydrogen) atoms. The van der Waals surface area contributed by atoms with Crippen LogP contribution in [-0.2, 0) is 0 Å². The summed E-state index contributed by atoms with van der Waals surface area (Å²) < 4.78 is 6.75. The molecule has 6 nitrogen and oxygen atoms in total. The Hall–Kier alpha value is -15.1. The minimum absolute atomic E-state index is 0.976. The number of fused-ring (bicyclic) bond motifs is 13. The molecule has 20 aromatic carbocycles. The first-order chi connectivity index (χ1) is 57.2. The van der Waals surface area contributed by atoms with Gasteiger partial charge < -0.3 is 0 Å². The lowest BCUT2D eigenvalue weighted by Crippen LogP contribution is -1.96. The fourth-order valence-corrected chi connectivity index (χ4v) is 17.8. The van der Waals surface area contributed by atoms with E-state index in [1.54, 1.807) is 0 Å². The van der Waals surface area contributed by atoms with E-state index in [1.165, 1.54) is 153 Å². The van der Waals surface area contributed by atoms with Crippen LogP contribution in [0.1, 0.15) is 17.5 Å². The minimum Gasteiger partial charge on any atom is -0.297 e. The van der Waals surface area contributed by atoms with Gasteiger partial charge in [-0.05, 0) is 271 Å². The average Bonchev–Trinajstić information content (AvgIpc) is 1.35. The van der Waals surface area contributed by atoms with Crippen molar-refractivity contribution >= 4 is 119 Å². The van der Waals surface area contributed by atoms with Crippen LogP contribution in [0, 0.1) is 20.8 Å². The van der Waals surface area contributed by atoms with Crippen molar-refractivity contribution in [2.45, 2.75) is 20.8 Å². The van der Waals surface area contributed by atoms with Gasteiger partial charge in [-0.2, -0.15) is 0 Å². The van der Waals surface area contributed by atoms with Gasteiger partial charge in [0.1, 0.15) is 17.5 Å². The lowest BCUT2D eigenvalue weighted by Gasteiger charge is -2.13. The summed E-state index contributed by atoms with van der Waals surface area (Å²) in [5.74, 6) is 2.95. The van der Waals surface area contributed by atoms with E-state index in [9.17, 15) is 0 Å². The number of imidazole rings is 3. The Morgan fingerprint density at radius 2 is 0.440 bits per heavy atom. The maximum atomic E-state index is 5.04. The number of rotatable bonds is 9. The predicted octanol–water partition coefficient (Wildman–Crippen LogP) is 29.2. The van der Waals surface area contributed by atoms with E-state index in [2.05, 4.69) is 441 Å². The highest BCUT2D eigenvalue weighted by molar-refractivity contribution is 6.15. The molecular weight excluding hydrogens is 1410 g/mol. The summed E-state index contributed by atoms with van der Waals surface area (Å²) in [6, 6.07) is 146. The van der Waals surface area contributed by atoms with Crippen LogP contribution in [0.3, 0.4) is 0 Å². The molecule has 0 amide bonds. The Balaban J connectivity index is 0.000000110. The van der Waals surface area contributed by atoms with Gasteiger partial charge in [-0.1, -0.05) is 309 Å². The number of benzene rings is 20. The highest BCUT2D eigenvalue weighted by Crippen LogP contribution is 2.41. The van der Waals surface area contributed by atoms with E-state index < -0.39 is 0 Å². The first-order valence-electron chi connectivity index (χ1n) is 39.8. The van der Waals surface area contributed by atoms with E-state index in [0.29, 0.717) is 0 Å². The molecule has 546 valence electrons. The quantitative estimate of drug-likeness (QED) is 0.135. The summed E-state index contributed by atoms with van der Waals surface area (Å²) in [5.41, 5.74) is 24.4. The van der Waals surface area contributed by atoms with Crippen molar-refractivity contribution < 1.29 is 0 Å². The molecule has 0 N–H and O–H groups in total. The van der Waals surface area contributed by atoms with E-state index >= 15 is 0 Å². The third-order valence-corrected chi connectivity index (χ3v) is 23.4. The fraction of sp³-hybridized carbons (Fsp3) is 0.0273.